The Morgan fingerprint density at radius 1 is 1.07 bits per heavy atom. The van der Waals surface area contributed by atoms with Crippen molar-refractivity contribution in [1.29, 1.82) is 0 Å². The van der Waals surface area contributed by atoms with Crippen LogP contribution in [0.2, 0.25) is 0 Å². The first-order valence-corrected chi connectivity index (χ1v) is 12.5. The molecule has 1 unspecified atom stereocenters. The number of benzene rings is 2. The molecule has 3 heterocycles. The van der Waals surface area contributed by atoms with Crippen molar-refractivity contribution < 1.29 is 12.8 Å². The minimum absolute atomic E-state index is 0.215. The molecule has 0 N–H and O–H groups in total. The Hall–Kier alpha value is -2.22. The van der Waals surface area contributed by atoms with Gasteiger partial charge >= 0.3 is 0 Å². The summed E-state index contributed by atoms with van der Waals surface area (Å²) in [5, 5.41) is 3.33. The van der Waals surface area contributed by atoms with Crippen molar-refractivity contribution in [1.82, 2.24) is 8.87 Å². The highest BCUT2D eigenvalue weighted by Gasteiger charge is 2.27. The molecule has 0 amide bonds. The van der Waals surface area contributed by atoms with Gasteiger partial charge in [-0.05, 0) is 92.7 Å². The molecule has 5 rings (SSSR count). The van der Waals surface area contributed by atoms with E-state index >= 15 is 0 Å². The molecule has 156 valence electrons. The highest BCUT2D eigenvalue weighted by molar-refractivity contribution is 7.90. The molecule has 1 aliphatic heterocycles. The van der Waals surface area contributed by atoms with Crippen LogP contribution in [0.4, 0.5) is 4.39 Å². The number of likely N-dealkylation sites (tertiary alicyclic amines) is 1. The zero-order valence-electron chi connectivity index (χ0n) is 16.7. The highest BCUT2D eigenvalue weighted by Crippen LogP contribution is 2.37. The van der Waals surface area contributed by atoms with Crippen LogP contribution in [0.15, 0.2) is 58.9 Å². The third-order valence-corrected chi connectivity index (χ3v) is 8.76. The Balaban J connectivity index is 1.71. The fourth-order valence-corrected chi connectivity index (χ4v) is 7.04. The number of nitrogens with zero attached hydrogens (tertiary/aromatic N) is 2. The minimum atomic E-state index is -3.82. The number of halogens is 1. The summed E-state index contributed by atoms with van der Waals surface area (Å²) < 4.78 is 43.9. The summed E-state index contributed by atoms with van der Waals surface area (Å²) in [6.45, 7) is 1.98. The van der Waals surface area contributed by atoms with Gasteiger partial charge in [0.15, 0.2) is 0 Å². The van der Waals surface area contributed by atoms with E-state index in [2.05, 4.69) is 11.9 Å². The van der Waals surface area contributed by atoms with Gasteiger partial charge in [-0.1, -0.05) is 6.07 Å². The highest BCUT2D eigenvalue weighted by atomic mass is 32.2. The molecule has 1 aliphatic rings. The molecule has 0 saturated carbocycles. The zero-order chi connectivity index (χ0) is 20.9. The molecule has 2 aromatic heterocycles. The van der Waals surface area contributed by atoms with Gasteiger partial charge in [-0.2, -0.15) is 0 Å². The van der Waals surface area contributed by atoms with Crippen LogP contribution in [0.25, 0.3) is 21.0 Å². The lowest BCUT2D eigenvalue weighted by Gasteiger charge is -2.14. The van der Waals surface area contributed by atoms with Crippen LogP contribution >= 0.6 is 11.3 Å². The number of rotatable bonds is 3. The molecule has 0 bridgehead atoms. The van der Waals surface area contributed by atoms with Crippen molar-refractivity contribution >= 4 is 42.3 Å². The molecule has 30 heavy (non-hydrogen) atoms. The largest absolute Gasteiger partial charge is 0.306 e. The van der Waals surface area contributed by atoms with E-state index in [-0.39, 0.29) is 16.6 Å². The third-order valence-electron chi connectivity index (χ3n) is 6.15. The first-order valence-electron chi connectivity index (χ1n) is 10.2. The summed E-state index contributed by atoms with van der Waals surface area (Å²) in [4.78, 5) is 2.59. The van der Waals surface area contributed by atoms with E-state index in [0.29, 0.717) is 10.9 Å². The maximum atomic E-state index is 14.2. The lowest BCUT2D eigenvalue weighted by molar-refractivity contribution is 0.347. The third kappa shape index (κ3) is 3.25. The fraction of sp³-hybridized carbons (Fsp3) is 0.304. The normalized spacial score (nSPS) is 18.8. The van der Waals surface area contributed by atoms with Crippen molar-refractivity contribution in [3.8, 4) is 0 Å². The van der Waals surface area contributed by atoms with E-state index in [1.165, 1.54) is 27.4 Å². The Morgan fingerprint density at radius 3 is 2.80 bits per heavy atom. The predicted molar refractivity (Wildman–Crippen MR) is 120 cm³/mol. The topological polar surface area (TPSA) is 42.3 Å². The van der Waals surface area contributed by atoms with Crippen LogP contribution in [-0.4, -0.2) is 37.4 Å². The first kappa shape index (κ1) is 19.7. The Bertz CT molecular complexity index is 1340. The summed E-state index contributed by atoms with van der Waals surface area (Å²) in [6.07, 6.45) is 4.69. The summed E-state index contributed by atoms with van der Waals surface area (Å²) >= 11 is 1.52. The smallest absolute Gasteiger partial charge is 0.268 e. The molecule has 0 spiro atoms. The van der Waals surface area contributed by atoms with E-state index in [9.17, 15) is 12.8 Å². The number of aromatic nitrogens is 1. The summed E-state index contributed by atoms with van der Waals surface area (Å²) in [5.41, 5.74) is 1.47. The number of thiophene rings is 1. The molecule has 4 aromatic rings. The van der Waals surface area contributed by atoms with E-state index in [1.807, 2.05) is 17.5 Å². The molecule has 0 aliphatic carbocycles. The van der Waals surface area contributed by atoms with Gasteiger partial charge in [0.1, 0.15) is 5.82 Å². The average molecular weight is 443 g/mol. The summed E-state index contributed by atoms with van der Waals surface area (Å²) in [5.74, 6) is -0.128. The maximum Gasteiger partial charge on any atom is 0.268 e. The van der Waals surface area contributed by atoms with E-state index in [0.717, 1.165) is 48.0 Å². The molecule has 1 fully saturated rings. The summed E-state index contributed by atoms with van der Waals surface area (Å²) in [6, 6.07) is 11.6. The van der Waals surface area contributed by atoms with Gasteiger partial charge in [-0.15, -0.1) is 11.3 Å². The van der Waals surface area contributed by atoms with Gasteiger partial charge in [0.05, 0.1) is 10.4 Å². The zero-order valence-corrected chi connectivity index (χ0v) is 18.3. The number of hydrogen-bond acceptors (Lipinski definition) is 4. The van der Waals surface area contributed by atoms with Crippen molar-refractivity contribution in [2.24, 2.45) is 0 Å². The van der Waals surface area contributed by atoms with E-state index in [4.69, 9.17) is 0 Å². The lowest BCUT2D eigenvalue weighted by Crippen LogP contribution is -2.18. The second-order valence-electron chi connectivity index (χ2n) is 8.07. The molecular weight excluding hydrogens is 419 g/mol. The first-order chi connectivity index (χ1) is 14.4. The van der Waals surface area contributed by atoms with Crippen molar-refractivity contribution in [3.63, 3.8) is 0 Å². The molecule has 2 aromatic carbocycles. The monoisotopic (exact) mass is 442 g/mol. The van der Waals surface area contributed by atoms with E-state index in [1.54, 1.807) is 24.4 Å². The van der Waals surface area contributed by atoms with Gasteiger partial charge in [-0.3, -0.25) is 0 Å². The van der Waals surface area contributed by atoms with Crippen molar-refractivity contribution in [3.05, 3.63) is 65.4 Å². The molecule has 1 atom stereocenters. The summed E-state index contributed by atoms with van der Waals surface area (Å²) in [7, 11) is -1.71. The van der Waals surface area contributed by atoms with E-state index < -0.39 is 10.0 Å². The van der Waals surface area contributed by atoms with Gasteiger partial charge in [0.25, 0.3) is 10.0 Å². The minimum Gasteiger partial charge on any atom is -0.306 e. The lowest BCUT2D eigenvalue weighted by atomic mass is 9.92. The number of fused-ring (bicyclic) bond motifs is 2. The van der Waals surface area contributed by atoms with Crippen molar-refractivity contribution in [2.75, 3.05) is 20.1 Å². The Kier molecular flexibility index (Phi) is 4.92. The molecule has 0 radical (unpaired) electrons. The van der Waals surface area contributed by atoms with Gasteiger partial charge in [0.2, 0.25) is 0 Å². The van der Waals surface area contributed by atoms with Crippen LogP contribution in [0.5, 0.6) is 0 Å². The Morgan fingerprint density at radius 2 is 1.93 bits per heavy atom. The van der Waals surface area contributed by atoms with Crippen LogP contribution in [-0.2, 0) is 10.0 Å². The quantitative estimate of drug-likeness (QED) is 0.425. The molecule has 4 nitrogen and oxygen atoms in total. The fourth-order valence-electron chi connectivity index (χ4n) is 4.57. The SMILES string of the molecule is CN1CCCC(c2cn(S(=O)(=O)c3cccc4sccc34)c3ccc(F)cc23)CC1. The standard InChI is InChI=1S/C23H23FN2O2S2/c1-25-11-3-4-16(9-12-25)20-15-26(21-8-7-17(24)14-19(20)21)30(27,28)23-6-2-5-22-18(23)10-13-29-22/h2,5-8,10,13-16H,3-4,9,11-12H2,1H3. The Labute approximate surface area is 179 Å². The van der Waals surface area contributed by atoms with Gasteiger partial charge in [-0.25, -0.2) is 16.8 Å². The second kappa shape index (κ2) is 7.48. The molecular formula is C23H23FN2O2S2. The van der Waals surface area contributed by atoms with Gasteiger partial charge < -0.3 is 4.90 Å². The predicted octanol–water partition coefficient (Wildman–Crippen LogP) is 5.43. The average Bonchev–Trinajstić information content (AvgIpc) is 3.29. The van der Waals surface area contributed by atoms with Crippen LogP contribution in [0.1, 0.15) is 30.7 Å². The second-order valence-corrected chi connectivity index (χ2v) is 10.8. The van der Waals surface area contributed by atoms with Crippen LogP contribution in [0, 0.1) is 5.82 Å². The molecule has 1 saturated heterocycles. The van der Waals surface area contributed by atoms with Crippen LogP contribution in [0.3, 0.4) is 0 Å². The molecule has 7 heteroatoms. The maximum absolute atomic E-state index is 14.2. The van der Waals surface area contributed by atoms with Crippen LogP contribution < -0.4 is 0 Å². The van der Waals surface area contributed by atoms with Gasteiger partial charge in [0, 0.05) is 21.7 Å². The number of hydrogen-bond donors (Lipinski definition) is 0. The van der Waals surface area contributed by atoms with Crippen molar-refractivity contribution in [2.45, 2.75) is 30.1 Å².